The van der Waals surface area contributed by atoms with Crippen LogP contribution < -0.4 is 5.32 Å². The number of fused-ring (bicyclic) bond motifs is 2. The number of carbonyl (C=O) groups excluding carboxylic acids is 1. The molecule has 0 radical (unpaired) electrons. The highest BCUT2D eigenvalue weighted by atomic mass is 35.5. The molecule has 0 aromatic heterocycles. The summed E-state index contributed by atoms with van der Waals surface area (Å²) in [7, 11) is 0. The summed E-state index contributed by atoms with van der Waals surface area (Å²) >= 11 is 0. The van der Waals surface area contributed by atoms with Crippen molar-refractivity contribution in [3.8, 4) is 0 Å². The average Bonchev–Trinajstić information content (AvgIpc) is 1.92. The van der Waals surface area contributed by atoms with Crippen LogP contribution in [0.2, 0.25) is 0 Å². The van der Waals surface area contributed by atoms with Crippen molar-refractivity contribution in [2.75, 3.05) is 13.1 Å². The molecule has 0 spiro atoms. The quantitative estimate of drug-likeness (QED) is 0.653. The first-order chi connectivity index (χ1) is 5.58. The zero-order chi connectivity index (χ0) is 8.77. The number of hydrogen-bond acceptors (Lipinski definition) is 2. The maximum atomic E-state index is 12.9. The first kappa shape index (κ1) is 10.9. The highest BCUT2D eigenvalue weighted by Crippen LogP contribution is 2.39. The van der Waals surface area contributed by atoms with Crippen LogP contribution in [0.5, 0.6) is 0 Å². The molecule has 0 amide bonds. The van der Waals surface area contributed by atoms with Crippen molar-refractivity contribution in [2.24, 2.45) is 11.8 Å². The third-order valence-corrected chi connectivity index (χ3v) is 2.68. The van der Waals surface area contributed by atoms with E-state index in [4.69, 9.17) is 0 Å². The lowest BCUT2D eigenvalue weighted by atomic mass is 9.75. The van der Waals surface area contributed by atoms with Gasteiger partial charge in [-0.1, -0.05) is 0 Å². The van der Waals surface area contributed by atoms with Crippen molar-refractivity contribution in [1.82, 2.24) is 5.32 Å². The lowest BCUT2D eigenvalue weighted by molar-refractivity contribution is -0.145. The number of hydrogen-bond donors (Lipinski definition) is 1. The molecule has 1 saturated carbocycles. The van der Waals surface area contributed by atoms with Crippen molar-refractivity contribution < 1.29 is 13.6 Å². The highest BCUT2D eigenvalue weighted by molar-refractivity contribution is 5.85. The van der Waals surface area contributed by atoms with Crippen LogP contribution in [-0.4, -0.2) is 24.8 Å². The molecule has 1 aliphatic heterocycles. The number of carbonyl (C=O) groups is 1. The summed E-state index contributed by atoms with van der Waals surface area (Å²) in [4.78, 5) is 11.3. The van der Waals surface area contributed by atoms with Crippen LogP contribution in [0.1, 0.15) is 12.8 Å². The predicted molar refractivity (Wildman–Crippen MR) is 46.3 cm³/mol. The zero-order valence-electron chi connectivity index (χ0n) is 7.06. The second kappa shape index (κ2) is 3.50. The average molecular weight is 212 g/mol. The Balaban J connectivity index is 0.000000845. The molecule has 2 aliphatic rings. The van der Waals surface area contributed by atoms with E-state index in [0.29, 0.717) is 13.1 Å². The molecule has 2 atom stereocenters. The van der Waals surface area contributed by atoms with E-state index in [9.17, 15) is 13.6 Å². The Morgan fingerprint density at radius 2 is 1.69 bits per heavy atom. The lowest BCUT2D eigenvalue weighted by Gasteiger charge is -2.37. The molecule has 76 valence electrons. The summed E-state index contributed by atoms with van der Waals surface area (Å²) in [5.74, 6) is -3.44. The summed E-state index contributed by atoms with van der Waals surface area (Å²) in [5, 5.41) is 3.00. The summed E-state index contributed by atoms with van der Waals surface area (Å²) in [6.07, 6.45) is -0.509. The first-order valence-corrected chi connectivity index (χ1v) is 4.21. The fraction of sp³-hybridized carbons (Fsp3) is 0.875. The van der Waals surface area contributed by atoms with Gasteiger partial charge < -0.3 is 5.32 Å². The van der Waals surface area contributed by atoms with Gasteiger partial charge in [0.05, 0.1) is 0 Å². The van der Waals surface area contributed by atoms with Crippen molar-refractivity contribution in [3.63, 3.8) is 0 Å². The van der Waals surface area contributed by atoms with E-state index in [-0.39, 0.29) is 31.0 Å². The van der Waals surface area contributed by atoms with Gasteiger partial charge in [0.1, 0.15) is 5.78 Å². The minimum absolute atomic E-state index is 0. The first-order valence-electron chi connectivity index (χ1n) is 4.21. The maximum Gasteiger partial charge on any atom is 0.249 e. The molecular formula is C8H12ClF2NO. The second-order valence-electron chi connectivity index (χ2n) is 3.72. The van der Waals surface area contributed by atoms with E-state index in [1.807, 2.05) is 0 Å². The largest absolute Gasteiger partial charge is 0.315 e. The van der Waals surface area contributed by atoms with Crippen LogP contribution in [-0.2, 0) is 4.79 Å². The summed E-state index contributed by atoms with van der Waals surface area (Å²) < 4.78 is 25.8. The second-order valence-corrected chi connectivity index (χ2v) is 3.72. The number of piperidine rings is 1. The predicted octanol–water partition coefficient (Wildman–Crippen LogP) is 1.24. The van der Waals surface area contributed by atoms with Crippen LogP contribution in [0.4, 0.5) is 8.78 Å². The fourth-order valence-electron chi connectivity index (χ4n) is 2.12. The van der Waals surface area contributed by atoms with Gasteiger partial charge >= 0.3 is 0 Å². The van der Waals surface area contributed by atoms with Crippen LogP contribution in [0, 0.1) is 11.8 Å². The summed E-state index contributed by atoms with van der Waals surface area (Å²) in [6.45, 7) is 0.871. The minimum Gasteiger partial charge on any atom is -0.315 e. The molecule has 2 fully saturated rings. The summed E-state index contributed by atoms with van der Waals surface area (Å²) in [5.41, 5.74) is 0. The van der Waals surface area contributed by atoms with E-state index in [1.54, 1.807) is 0 Å². The molecule has 13 heavy (non-hydrogen) atoms. The molecule has 5 heteroatoms. The van der Waals surface area contributed by atoms with E-state index in [0.717, 1.165) is 0 Å². The number of nitrogens with one attached hydrogen (secondary N) is 1. The topological polar surface area (TPSA) is 29.1 Å². The molecule has 2 rings (SSSR count). The van der Waals surface area contributed by atoms with E-state index < -0.39 is 17.8 Å². The van der Waals surface area contributed by atoms with Gasteiger partial charge in [0.15, 0.2) is 0 Å². The Kier molecular flexibility index (Phi) is 2.92. The Hall–Kier alpha value is -0.220. The van der Waals surface area contributed by atoms with Gasteiger partial charge in [-0.3, -0.25) is 4.79 Å². The fourth-order valence-corrected chi connectivity index (χ4v) is 2.12. The van der Waals surface area contributed by atoms with E-state index in [2.05, 4.69) is 5.32 Å². The molecule has 1 saturated heterocycles. The molecule has 1 N–H and O–H groups in total. The van der Waals surface area contributed by atoms with Crippen molar-refractivity contribution >= 4 is 18.2 Å². The number of halogens is 3. The molecule has 2 bridgehead atoms. The molecule has 1 heterocycles. The molecular weight excluding hydrogens is 200 g/mol. The molecule has 0 aromatic carbocycles. The Bertz CT molecular complexity index is 204. The van der Waals surface area contributed by atoms with E-state index in [1.165, 1.54) is 0 Å². The van der Waals surface area contributed by atoms with E-state index >= 15 is 0 Å². The Labute approximate surface area is 81.5 Å². The van der Waals surface area contributed by atoms with Gasteiger partial charge in [-0.2, -0.15) is 0 Å². The highest BCUT2D eigenvalue weighted by Gasteiger charge is 2.47. The van der Waals surface area contributed by atoms with Crippen molar-refractivity contribution in [2.45, 2.75) is 18.8 Å². The van der Waals surface area contributed by atoms with Gasteiger partial charge in [-0.05, 0) is 0 Å². The van der Waals surface area contributed by atoms with Gasteiger partial charge in [0.25, 0.3) is 0 Å². The molecule has 0 aromatic rings. The van der Waals surface area contributed by atoms with Crippen LogP contribution >= 0.6 is 12.4 Å². The van der Waals surface area contributed by atoms with Crippen LogP contribution in [0.15, 0.2) is 0 Å². The van der Waals surface area contributed by atoms with Gasteiger partial charge in [0.2, 0.25) is 5.92 Å². The third kappa shape index (κ3) is 1.99. The third-order valence-electron chi connectivity index (χ3n) is 2.68. The van der Waals surface area contributed by atoms with Gasteiger partial charge in [-0.15, -0.1) is 12.4 Å². The standard InChI is InChI=1S/C8H11F2NO.ClH/c9-8(10)1-5-3-11-4-6(2-8)7(5)12;/h5-6,11H,1-4H2;1H. The number of ketones is 1. The molecule has 2 unspecified atom stereocenters. The Morgan fingerprint density at radius 1 is 1.23 bits per heavy atom. The zero-order valence-corrected chi connectivity index (χ0v) is 7.87. The monoisotopic (exact) mass is 211 g/mol. The molecule has 2 nitrogen and oxygen atoms in total. The van der Waals surface area contributed by atoms with Crippen LogP contribution in [0.25, 0.3) is 0 Å². The van der Waals surface area contributed by atoms with Crippen molar-refractivity contribution in [1.29, 1.82) is 0 Å². The van der Waals surface area contributed by atoms with Crippen molar-refractivity contribution in [3.05, 3.63) is 0 Å². The van der Waals surface area contributed by atoms with Crippen LogP contribution in [0.3, 0.4) is 0 Å². The SMILES string of the molecule is Cl.O=C1C2CNCC1CC(F)(F)C2. The van der Waals surface area contributed by atoms with Gasteiger partial charge in [0, 0.05) is 37.8 Å². The summed E-state index contributed by atoms with van der Waals surface area (Å²) in [6, 6.07) is 0. The minimum atomic E-state index is -2.61. The normalized spacial score (nSPS) is 36.6. The number of rotatable bonds is 0. The lowest BCUT2D eigenvalue weighted by Crippen LogP contribution is -2.51. The number of Topliss-reactive ketones (excluding diaryl/α,β-unsaturated/α-hetero) is 1. The Morgan fingerprint density at radius 3 is 2.15 bits per heavy atom. The number of alkyl halides is 2. The smallest absolute Gasteiger partial charge is 0.249 e. The van der Waals surface area contributed by atoms with Gasteiger partial charge in [-0.25, -0.2) is 8.78 Å². The maximum absolute atomic E-state index is 12.9. The molecule has 1 aliphatic carbocycles.